The highest BCUT2D eigenvalue weighted by atomic mass is 79.9. The summed E-state index contributed by atoms with van der Waals surface area (Å²) in [6.45, 7) is 0.112. The van der Waals surface area contributed by atoms with Crippen molar-refractivity contribution in [1.29, 1.82) is 0 Å². The van der Waals surface area contributed by atoms with Gasteiger partial charge in [-0.05, 0) is 39.7 Å². The van der Waals surface area contributed by atoms with Crippen molar-refractivity contribution < 1.29 is 24.2 Å². The molecule has 8 nitrogen and oxygen atoms in total. The zero-order valence-corrected chi connectivity index (χ0v) is 16.7. The van der Waals surface area contributed by atoms with Crippen molar-refractivity contribution in [2.45, 2.75) is 12.6 Å². The van der Waals surface area contributed by atoms with Crippen molar-refractivity contribution in [3.05, 3.63) is 50.1 Å². The highest BCUT2D eigenvalue weighted by Crippen LogP contribution is 2.27. The molecule has 1 atom stereocenters. The van der Waals surface area contributed by atoms with Gasteiger partial charge >= 0.3 is 5.97 Å². The maximum atomic E-state index is 12.4. The monoisotopic (exact) mass is 455 g/mol. The van der Waals surface area contributed by atoms with E-state index in [0.29, 0.717) is 9.35 Å². The lowest BCUT2D eigenvalue weighted by molar-refractivity contribution is -0.142. The van der Waals surface area contributed by atoms with E-state index >= 15 is 0 Å². The number of esters is 1. The Morgan fingerprint density at radius 1 is 1.30 bits per heavy atom. The number of hydrogen-bond donors (Lipinski definition) is 4. The first-order valence-corrected chi connectivity index (χ1v) is 9.40. The van der Waals surface area contributed by atoms with Crippen molar-refractivity contribution in [2.75, 3.05) is 13.7 Å². The maximum absolute atomic E-state index is 12.4. The lowest BCUT2D eigenvalue weighted by Crippen LogP contribution is -2.46. The minimum atomic E-state index is -0.973. The number of rotatable bonds is 7. The highest BCUT2D eigenvalue weighted by molar-refractivity contribution is 9.10. The second-order valence-electron chi connectivity index (χ2n) is 5.43. The first kappa shape index (κ1) is 20.9. The number of hydrogen-bond acceptors (Lipinski definition) is 7. The van der Waals surface area contributed by atoms with Gasteiger partial charge in [0.1, 0.15) is 16.7 Å². The van der Waals surface area contributed by atoms with E-state index in [0.717, 1.165) is 16.9 Å². The van der Waals surface area contributed by atoms with Crippen molar-refractivity contribution >= 4 is 45.1 Å². The summed E-state index contributed by atoms with van der Waals surface area (Å²) in [6, 6.07) is 7.07. The van der Waals surface area contributed by atoms with Crippen LogP contribution in [0.2, 0.25) is 0 Å². The summed E-state index contributed by atoms with van der Waals surface area (Å²) < 4.78 is 5.00. The molecule has 0 radical (unpaired) electrons. The standard InChI is InChI=1S/C17H18BrN3O5S/c1-26-17(25)12(7-19)21-16(24)14-11(18)6-13(27-14)15(23)20-8-9-3-2-4-10(22)5-9/h2-6,12,22H,7-8,19H2,1H3,(H,20,23)(H,21,24). The van der Waals surface area contributed by atoms with Crippen LogP contribution in [-0.2, 0) is 16.1 Å². The average molecular weight is 456 g/mol. The molecule has 2 amide bonds. The van der Waals surface area contributed by atoms with E-state index in [1.165, 1.54) is 19.2 Å². The molecule has 10 heteroatoms. The van der Waals surface area contributed by atoms with Crippen LogP contribution < -0.4 is 16.4 Å². The predicted octanol–water partition coefficient (Wildman–Crippen LogP) is 1.38. The van der Waals surface area contributed by atoms with Gasteiger partial charge in [-0.1, -0.05) is 12.1 Å². The van der Waals surface area contributed by atoms with Crippen molar-refractivity contribution in [3.63, 3.8) is 0 Å². The number of aromatic hydroxyl groups is 1. The molecule has 2 rings (SSSR count). The number of phenolic OH excluding ortho intramolecular Hbond substituents is 1. The van der Waals surface area contributed by atoms with Crippen LogP contribution in [0.25, 0.3) is 0 Å². The Labute approximate surface area is 167 Å². The molecule has 0 bridgehead atoms. The fourth-order valence-electron chi connectivity index (χ4n) is 2.15. The molecule has 0 aliphatic heterocycles. The number of carbonyl (C=O) groups excluding carboxylic acids is 3. The highest BCUT2D eigenvalue weighted by Gasteiger charge is 2.24. The third kappa shape index (κ3) is 5.52. The van der Waals surface area contributed by atoms with Gasteiger partial charge < -0.3 is 26.2 Å². The predicted molar refractivity (Wildman–Crippen MR) is 104 cm³/mol. The molecule has 1 unspecified atom stereocenters. The lowest BCUT2D eigenvalue weighted by atomic mass is 10.2. The number of methoxy groups -OCH3 is 1. The largest absolute Gasteiger partial charge is 0.508 e. The molecule has 0 saturated carbocycles. The number of nitrogens with two attached hydrogens (primary N) is 1. The summed E-state index contributed by atoms with van der Waals surface area (Å²) in [7, 11) is 1.20. The minimum absolute atomic E-state index is 0.111. The lowest BCUT2D eigenvalue weighted by Gasteiger charge is -2.13. The average Bonchev–Trinajstić information content (AvgIpc) is 3.05. The van der Waals surface area contributed by atoms with Crippen LogP contribution in [-0.4, -0.2) is 42.6 Å². The van der Waals surface area contributed by atoms with Gasteiger partial charge in [0.15, 0.2) is 0 Å². The van der Waals surface area contributed by atoms with E-state index < -0.39 is 17.9 Å². The molecule has 27 heavy (non-hydrogen) atoms. The van der Waals surface area contributed by atoms with Crippen LogP contribution >= 0.6 is 27.3 Å². The topological polar surface area (TPSA) is 131 Å². The van der Waals surface area contributed by atoms with Crippen LogP contribution in [0.4, 0.5) is 0 Å². The van der Waals surface area contributed by atoms with Gasteiger partial charge in [0, 0.05) is 17.6 Å². The van der Waals surface area contributed by atoms with Gasteiger partial charge in [-0.2, -0.15) is 0 Å². The van der Waals surface area contributed by atoms with Crippen LogP contribution in [0.5, 0.6) is 5.75 Å². The fourth-order valence-corrected chi connectivity index (χ4v) is 3.82. The SMILES string of the molecule is COC(=O)C(CN)NC(=O)c1sc(C(=O)NCc2cccc(O)c2)cc1Br. The van der Waals surface area contributed by atoms with Gasteiger partial charge in [-0.25, -0.2) is 4.79 Å². The Balaban J connectivity index is 2.04. The number of benzene rings is 1. The van der Waals surface area contributed by atoms with Crippen molar-refractivity contribution in [3.8, 4) is 5.75 Å². The first-order valence-electron chi connectivity index (χ1n) is 7.80. The maximum Gasteiger partial charge on any atom is 0.329 e. The third-order valence-electron chi connectivity index (χ3n) is 3.51. The molecule has 1 aromatic carbocycles. The molecule has 2 aromatic rings. The Bertz CT molecular complexity index is 855. The molecule has 1 aromatic heterocycles. The van der Waals surface area contributed by atoms with Crippen LogP contribution in [0.15, 0.2) is 34.8 Å². The quantitative estimate of drug-likeness (QED) is 0.466. The van der Waals surface area contributed by atoms with E-state index in [1.807, 2.05) is 0 Å². The molecular formula is C17H18BrN3O5S. The molecule has 5 N–H and O–H groups in total. The first-order chi connectivity index (χ1) is 12.8. The Kier molecular flexibility index (Phi) is 7.34. The van der Waals surface area contributed by atoms with Gasteiger partial charge in [-0.15, -0.1) is 11.3 Å². The number of carbonyl (C=O) groups is 3. The molecule has 0 aliphatic rings. The number of ether oxygens (including phenoxy) is 1. The number of halogens is 1. The van der Waals surface area contributed by atoms with Crippen LogP contribution in [0, 0.1) is 0 Å². The molecule has 1 heterocycles. The number of amides is 2. The summed E-state index contributed by atoms with van der Waals surface area (Å²) in [4.78, 5) is 36.8. The summed E-state index contributed by atoms with van der Waals surface area (Å²) in [5, 5.41) is 14.6. The van der Waals surface area contributed by atoms with E-state index in [2.05, 4.69) is 31.3 Å². The zero-order valence-electron chi connectivity index (χ0n) is 14.3. The van der Waals surface area contributed by atoms with E-state index in [1.54, 1.807) is 18.2 Å². The summed E-state index contributed by atoms with van der Waals surface area (Å²) in [6.07, 6.45) is 0. The zero-order chi connectivity index (χ0) is 20.0. The summed E-state index contributed by atoms with van der Waals surface area (Å²) >= 11 is 4.22. The number of phenols is 1. The summed E-state index contributed by atoms with van der Waals surface area (Å²) in [5.41, 5.74) is 6.20. The van der Waals surface area contributed by atoms with Gasteiger partial charge in [0.25, 0.3) is 11.8 Å². The summed E-state index contributed by atoms with van der Waals surface area (Å²) in [5.74, 6) is -1.45. The van der Waals surface area contributed by atoms with Crippen LogP contribution in [0.3, 0.4) is 0 Å². The molecule has 0 aliphatic carbocycles. The minimum Gasteiger partial charge on any atom is -0.508 e. The molecule has 0 fully saturated rings. The fraction of sp³-hybridized carbons (Fsp3) is 0.235. The third-order valence-corrected chi connectivity index (χ3v) is 5.53. The van der Waals surface area contributed by atoms with Gasteiger partial charge in [0.2, 0.25) is 0 Å². The Morgan fingerprint density at radius 2 is 2.04 bits per heavy atom. The van der Waals surface area contributed by atoms with Gasteiger partial charge in [-0.3, -0.25) is 9.59 Å². The number of thiophene rings is 1. The van der Waals surface area contributed by atoms with Gasteiger partial charge in [0.05, 0.1) is 12.0 Å². The van der Waals surface area contributed by atoms with E-state index in [-0.39, 0.29) is 29.6 Å². The molecule has 0 saturated heterocycles. The second-order valence-corrected chi connectivity index (χ2v) is 7.33. The van der Waals surface area contributed by atoms with E-state index in [4.69, 9.17) is 5.73 Å². The van der Waals surface area contributed by atoms with E-state index in [9.17, 15) is 19.5 Å². The molecule has 144 valence electrons. The normalized spacial score (nSPS) is 11.5. The smallest absolute Gasteiger partial charge is 0.329 e. The molecule has 0 spiro atoms. The second kappa shape index (κ2) is 9.49. The van der Waals surface area contributed by atoms with Crippen molar-refractivity contribution in [1.82, 2.24) is 10.6 Å². The van der Waals surface area contributed by atoms with Crippen molar-refractivity contribution in [2.24, 2.45) is 5.73 Å². The molecular weight excluding hydrogens is 438 g/mol. The van der Waals surface area contributed by atoms with Crippen LogP contribution in [0.1, 0.15) is 24.9 Å². The Hall–Kier alpha value is -2.43. The Morgan fingerprint density at radius 3 is 2.67 bits per heavy atom. The number of nitrogens with one attached hydrogen (secondary N) is 2.